The van der Waals surface area contributed by atoms with E-state index in [9.17, 15) is 0 Å². The molecule has 1 aliphatic carbocycles. The molecule has 1 saturated carbocycles. The van der Waals surface area contributed by atoms with Gasteiger partial charge in [-0.05, 0) is 44.1 Å². The molecule has 1 aliphatic rings. The summed E-state index contributed by atoms with van der Waals surface area (Å²) in [6.07, 6.45) is 9.49. The maximum atomic E-state index is 5.69. The monoisotopic (exact) mass is 279 g/mol. The number of hydrogen-bond acceptors (Lipinski definition) is 4. The molecule has 1 heterocycles. The summed E-state index contributed by atoms with van der Waals surface area (Å²) in [6, 6.07) is 0. The van der Waals surface area contributed by atoms with Crippen LogP contribution in [0.25, 0.3) is 0 Å². The largest absolute Gasteiger partial charge is 0.339 e. The molecule has 0 spiro atoms. The molecule has 1 atom stereocenters. The minimum Gasteiger partial charge on any atom is -0.339 e. The molecule has 0 amide bonds. The van der Waals surface area contributed by atoms with Crippen molar-refractivity contribution in [2.75, 3.05) is 6.54 Å². The van der Waals surface area contributed by atoms with Crippen LogP contribution >= 0.6 is 0 Å². The van der Waals surface area contributed by atoms with Gasteiger partial charge in [-0.3, -0.25) is 0 Å². The molecule has 4 heteroatoms. The van der Waals surface area contributed by atoms with Gasteiger partial charge in [0.25, 0.3) is 0 Å². The zero-order valence-electron chi connectivity index (χ0n) is 13.0. The molecule has 114 valence electrons. The molecule has 0 bridgehead atoms. The average Bonchev–Trinajstić information content (AvgIpc) is 2.93. The van der Waals surface area contributed by atoms with Crippen molar-refractivity contribution in [2.24, 2.45) is 17.6 Å². The molecule has 20 heavy (non-hydrogen) atoms. The lowest BCUT2D eigenvalue weighted by atomic mass is 9.88. The Kier molecular flexibility index (Phi) is 6.02. The summed E-state index contributed by atoms with van der Waals surface area (Å²) in [4.78, 5) is 4.62. The van der Waals surface area contributed by atoms with Gasteiger partial charge >= 0.3 is 0 Å². The maximum absolute atomic E-state index is 5.69. The summed E-state index contributed by atoms with van der Waals surface area (Å²) in [5, 5.41) is 4.20. The third kappa shape index (κ3) is 4.30. The van der Waals surface area contributed by atoms with Gasteiger partial charge in [0.15, 0.2) is 5.82 Å². The predicted molar refractivity (Wildman–Crippen MR) is 80.4 cm³/mol. The first-order valence-electron chi connectivity index (χ1n) is 8.23. The van der Waals surface area contributed by atoms with Crippen molar-refractivity contribution < 1.29 is 4.52 Å². The predicted octanol–water partition coefficient (Wildman–Crippen LogP) is 3.67. The molecule has 1 unspecified atom stereocenters. The summed E-state index contributed by atoms with van der Waals surface area (Å²) in [5.74, 6) is 3.61. The number of rotatable bonds is 7. The summed E-state index contributed by atoms with van der Waals surface area (Å²) in [6.45, 7) is 5.29. The van der Waals surface area contributed by atoms with Gasteiger partial charge in [0.05, 0.1) is 0 Å². The molecule has 2 rings (SSSR count). The van der Waals surface area contributed by atoms with E-state index in [1.807, 2.05) is 0 Å². The van der Waals surface area contributed by atoms with Crippen LogP contribution < -0.4 is 5.73 Å². The van der Waals surface area contributed by atoms with Gasteiger partial charge in [-0.1, -0.05) is 38.3 Å². The number of hydrogen-bond donors (Lipinski definition) is 1. The van der Waals surface area contributed by atoms with E-state index in [4.69, 9.17) is 10.3 Å². The highest BCUT2D eigenvalue weighted by atomic mass is 16.5. The van der Waals surface area contributed by atoms with E-state index in [0.29, 0.717) is 17.8 Å². The van der Waals surface area contributed by atoms with Gasteiger partial charge in [-0.15, -0.1) is 0 Å². The molecule has 0 aliphatic heterocycles. The molecule has 2 N–H and O–H groups in total. The second-order valence-corrected chi connectivity index (χ2v) is 6.50. The second-order valence-electron chi connectivity index (χ2n) is 6.50. The van der Waals surface area contributed by atoms with Gasteiger partial charge in [0.1, 0.15) is 0 Å². The van der Waals surface area contributed by atoms with E-state index >= 15 is 0 Å². The fourth-order valence-corrected chi connectivity index (χ4v) is 3.23. The maximum Gasteiger partial charge on any atom is 0.226 e. The lowest BCUT2D eigenvalue weighted by Crippen LogP contribution is -2.15. The molecular weight excluding hydrogens is 250 g/mol. The summed E-state index contributed by atoms with van der Waals surface area (Å²) < 4.78 is 5.43. The van der Waals surface area contributed by atoms with E-state index in [2.05, 4.69) is 24.0 Å². The average molecular weight is 279 g/mol. The Morgan fingerprint density at radius 3 is 2.60 bits per heavy atom. The summed E-state index contributed by atoms with van der Waals surface area (Å²) in [5.41, 5.74) is 5.69. The van der Waals surface area contributed by atoms with Gasteiger partial charge in [0, 0.05) is 12.3 Å². The van der Waals surface area contributed by atoms with Crippen LogP contribution in [0.5, 0.6) is 0 Å². The van der Waals surface area contributed by atoms with Crippen molar-refractivity contribution >= 4 is 0 Å². The smallest absolute Gasteiger partial charge is 0.226 e. The highest BCUT2D eigenvalue weighted by Gasteiger charge is 2.21. The van der Waals surface area contributed by atoms with Crippen LogP contribution in [0.3, 0.4) is 0 Å². The van der Waals surface area contributed by atoms with Crippen molar-refractivity contribution in [3.05, 3.63) is 11.7 Å². The van der Waals surface area contributed by atoms with E-state index in [1.54, 1.807) is 0 Å². The third-order valence-corrected chi connectivity index (χ3v) is 4.66. The van der Waals surface area contributed by atoms with E-state index in [0.717, 1.165) is 37.5 Å². The van der Waals surface area contributed by atoms with E-state index in [-0.39, 0.29) is 0 Å². The van der Waals surface area contributed by atoms with Crippen LogP contribution in [0.4, 0.5) is 0 Å². The Morgan fingerprint density at radius 2 is 1.95 bits per heavy atom. The Bertz CT molecular complexity index is 383. The zero-order valence-corrected chi connectivity index (χ0v) is 13.0. The molecule has 0 radical (unpaired) electrons. The van der Waals surface area contributed by atoms with Crippen molar-refractivity contribution in [1.29, 1.82) is 0 Å². The van der Waals surface area contributed by atoms with Gasteiger partial charge in [-0.25, -0.2) is 0 Å². The number of aryl methyl sites for hydroxylation is 1. The Balaban J connectivity index is 1.85. The molecule has 4 nitrogen and oxygen atoms in total. The molecule has 1 aromatic rings. The fourth-order valence-electron chi connectivity index (χ4n) is 3.23. The molecule has 1 fully saturated rings. The third-order valence-electron chi connectivity index (χ3n) is 4.66. The summed E-state index contributed by atoms with van der Waals surface area (Å²) >= 11 is 0. The number of aromatic nitrogens is 2. The number of nitrogens with zero attached hydrogens (tertiary/aromatic N) is 2. The molecule has 0 saturated heterocycles. The first kappa shape index (κ1) is 15.5. The summed E-state index contributed by atoms with van der Waals surface area (Å²) in [7, 11) is 0. The second kappa shape index (κ2) is 7.77. The van der Waals surface area contributed by atoms with Crippen LogP contribution in [-0.4, -0.2) is 16.7 Å². The van der Waals surface area contributed by atoms with Crippen LogP contribution in [0.2, 0.25) is 0 Å². The molecule has 1 aromatic heterocycles. The minimum atomic E-state index is 0.534. The number of nitrogens with two attached hydrogens (primary N) is 1. The Hall–Kier alpha value is -0.900. The van der Waals surface area contributed by atoms with Crippen molar-refractivity contribution in [3.8, 4) is 0 Å². The van der Waals surface area contributed by atoms with E-state index < -0.39 is 0 Å². The first-order chi connectivity index (χ1) is 9.70. The Morgan fingerprint density at radius 1 is 1.20 bits per heavy atom. The van der Waals surface area contributed by atoms with Gasteiger partial charge in [-0.2, -0.15) is 4.98 Å². The molecular formula is C16H29N3O. The highest BCUT2D eigenvalue weighted by Crippen LogP contribution is 2.31. The van der Waals surface area contributed by atoms with Gasteiger partial charge < -0.3 is 10.3 Å². The SMILES string of the molecule is CC(C)C(CCN)CCc1nc(C2CCCCC2)no1. The fraction of sp³-hybridized carbons (Fsp3) is 0.875. The normalized spacial score (nSPS) is 18.6. The lowest BCUT2D eigenvalue weighted by Gasteiger charge is -2.19. The van der Waals surface area contributed by atoms with Crippen LogP contribution in [0, 0.1) is 11.8 Å². The van der Waals surface area contributed by atoms with Crippen LogP contribution in [-0.2, 0) is 6.42 Å². The van der Waals surface area contributed by atoms with Crippen LogP contribution in [0.1, 0.15) is 76.4 Å². The van der Waals surface area contributed by atoms with Gasteiger partial charge in [0.2, 0.25) is 5.89 Å². The lowest BCUT2D eigenvalue weighted by molar-refractivity contribution is 0.311. The quantitative estimate of drug-likeness (QED) is 0.827. The van der Waals surface area contributed by atoms with E-state index in [1.165, 1.54) is 32.1 Å². The van der Waals surface area contributed by atoms with Crippen molar-refractivity contribution in [3.63, 3.8) is 0 Å². The standard InChI is InChI=1S/C16H29N3O/c1-12(2)13(10-11-17)8-9-15-18-16(19-20-15)14-6-4-3-5-7-14/h12-14H,3-11,17H2,1-2H3. The van der Waals surface area contributed by atoms with Crippen molar-refractivity contribution in [2.45, 2.75) is 71.1 Å². The highest BCUT2D eigenvalue weighted by molar-refractivity contribution is 4.97. The zero-order chi connectivity index (χ0) is 14.4. The van der Waals surface area contributed by atoms with Crippen molar-refractivity contribution in [1.82, 2.24) is 10.1 Å². The van der Waals surface area contributed by atoms with Crippen LogP contribution in [0.15, 0.2) is 4.52 Å². The Labute approximate surface area is 122 Å². The molecule has 0 aromatic carbocycles. The topological polar surface area (TPSA) is 64.9 Å². The minimum absolute atomic E-state index is 0.534. The first-order valence-corrected chi connectivity index (χ1v) is 8.23.